The maximum Gasteiger partial charge on any atom is 0.287 e. The lowest BCUT2D eigenvalue weighted by Gasteiger charge is -2.23. The largest absolute Gasteiger partial charge is 0.451 e. The number of ether oxygens (including phenoxy) is 1. The van der Waals surface area contributed by atoms with Crippen LogP contribution >= 0.6 is 11.8 Å². The number of nitrogens with one attached hydrogen (secondary N) is 1. The van der Waals surface area contributed by atoms with E-state index < -0.39 is 0 Å². The minimum absolute atomic E-state index is 0.0765. The molecule has 0 atom stereocenters. The van der Waals surface area contributed by atoms with Crippen LogP contribution in [-0.2, 0) is 10.5 Å². The van der Waals surface area contributed by atoms with Gasteiger partial charge in [-0.1, -0.05) is 37.5 Å². The summed E-state index contributed by atoms with van der Waals surface area (Å²) < 4.78 is 11.4. The number of para-hydroxylation sites is 1. The van der Waals surface area contributed by atoms with E-state index in [1.54, 1.807) is 0 Å². The third-order valence-electron chi connectivity index (χ3n) is 5.48. The Morgan fingerprint density at radius 1 is 1.08 bits per heavy atom. The van der Waals surface area contributed by atoms with Crippen molar-refractivity contribution in [1.29, 1.82) is 0 Å². The molecule has 0 spiro atoms. The quantitative estimate of drug-likeness (QED) is 0.809. The summed E-state index contributed by atoms with van der Waals surface area (Å²) >= 11 is 1.99. The van der Waals surface area contributed by atoms with Crippen LogP contribution < -0.4 is 5.32 Å². The fourth-order valence-corrected chi connectivity index (χ4v) is 5.31. The molecule has 26 heavy (non-hydrogen) atoms. The highest BCUT2D eigenvalue weighted by atomic mass is 32.2. The Labute approximate surface area is 159 Å². The highest BCUT2D eigenvalue weighted by Gasteiger charge is 2.25. The van der Waals surface area contributed by atoms with Crippen molar-refractivity contribution in [2.24, 2.45) is 0 Å². The molecule has 0 unspecified atom stereocenters. The highest BCUT2D eigenvalue weighted by molar-refractivity contribution is 7.99. The van der Waals surface area contributed by atoms with Gasteiger partial charge in [-0.05, 0) is 31.7 Å². The number of carbonyl (C=O) groups excluding carboxylic acids is 1. The fraction of sp³-hybridized carbons (Fsp3) is 0.571. The van der Waals surface area contributed by atoms with Crippen LogP contribution in [0.2, 0.25) is 0 Å². The lowest BCUT2D eigenvalue weighted by molar-refractivity contribution is 0.0684. The summed E-state index contributed by atoms with van der Waals surface area (Å²) in [6.45, 7) is 1.44. The number of amides is 1. The first kappa shape index (κ1) is 17.9. The molecule has 1 N–H and O–H groups in total. The van der Waals surface area contributed by atoms with Gasteiger partial charge in [-0.3, -0.25) is 4.79 Å². The third-order valence-corrected chi connectivity index (χ3v) is 6.87. The van der Waals surface area contributed by atoms with Gasteiger partial charge in [0.25, 0.3) is 5.91 Å². The van der Waals surface area contributed by atoms with E-state index in [4.69, 9.17) is 9.15 Å². The van der Waals surface area contributed by atoms with Crippen LogP contribution in [-0.4, -0.2) is 30.4 Å². The Morgan fingerprint density at radius 3 is 2.65 bits per heavy atom. The van der Waals surface area contributed by atoms with Gasteiger partial charge >= 0.3 is 0 Å². The fourth-order valence-electron chi connectivity index (χ4n) is 3.95. The molecule has 140 valence electrons. The van der Waals surface area contributed by atoms with E-state index in [1.165, 1.54) is 32.1 Å². The molecule has 1 aromatic carbocycles. The van der Waals surface area contributed by atoms with Gasteiger partial charge in [-0.15, -0.1) is 0 Å². The summed E-state index contributed by atoms with van der Waals surface area (Å²) in [5, 5.41) is 4.94. The summed E-state index contributed by atoms with van der Waals surface area (Å²) in [4.78, 5) is 12.9. The van der Waals surface area contributed by atoms with Gasteiger partial charge in [-0.2, -0.15) is 11.8 Å². The average Bonchev–Trinajstić information content (AvgIpc) is 3.07. The minimum atomic E-state index is -0.0765. The zero-order chi connectivity index (χ0) is 17.8. The van der Waals surface area contributed by atoms with Gasteiger partial charge in [0.2, 0.25) is 0 Å². The molecule has 1 aliphatic heterocycles. The number of thioether (sulfide) groups is 1. The van der Waals surface area contributed by atoms with Crippen molar-refractivity contribution in [3.8, 4) is 0 Å². The summed E-state index contributed by atoms with van der Waals surface area (Å²) in [5.41, 5.74) is 1.87. The molecule has 4 rings (SSSR count). The molecule has 5 heteroatoms. The van der Waals surface area contributed by atoms with E-state index in [9.17, 15) is 4.79 Å². The second-order valence-corrected chi connectivity index (χ2v) is 8.63. The Balaban J connectivity index is 1.53. The zero-order valence-electron chi connectivity index (χ0n) is 15.2. The normalized spacial score (nSPS) is 19.7. The smallest absolute Gasteiger partial charge is 0.287 e. The number of furan rings is 1. The van der Waals surface area contributed by atoms with Gasteiger partial charge in [0, 0.05) is 41.2 Å². The highest BCUT2D eigenvalue weighted by Crippen LogP contribution is 2.35. The molecule has 0 radical (unpaired) electrons. The maximum atomic E-state index is 12.9. The number of hydrogen-bond donors (Lipinski definition) is 1. The molecule has 2 aliphatic rings. The van der Waals surface area contributed by atoms with Crippen LogP contribution in [0.15, 0.2) is 28.7 Å². The number of benzene rings is 1. The van der Waals surface area contributed by atoms with Crippen LogP contribution in [0.1, 0.15) is 61.1 Å². The molecule has 1 aromatic heterocycles. The molecule has 2 aromatic rings. The first-order chi connectivity index (χ1) is 12.8. The Hall–Kier alpha value is -1.46. The summed E-state index contributed by atoms with van der Waals surface area (Å²) in [6, 6.07) is 8.19. The standard InChI is InChI=1S/C21H27NO3S/c23-21(22-15-10-12-24-13-11-15)20-18(14-26-16-6-2-1-3-7-16)17-8-4-5-9-19(17)25-20/h4-5,8-9,15-16H,1-3,6-7,10-14H2,(H,22,23). The van der Waals surface area contributed by atoms with Crippen molar-refractivity contribution in [1.82, 2.24) is 5.32 Å². The van der Waals surface area contributed by atoms with E-state index in [-0.39, 0.29) is 11.9 Å². The molecule has 2 heterocycles. The predicted molar refractivity (Wildman–Crippen MR) is 106 cm³/mol. The van der Waals surface area contributed by atoms with Crippen molar-refractivity contribution in [2.45, 2.75) is 62.0 Å². The zero-order valence-corrected chi connectivity index (χ0v) is 16.0. The van der Waals surface area contributed by atoms with Gasteiger partial charge in [0.15, 0.2) is 5.76 Å². The third kappa shape index (κ3) is 4.09. The van der Waals surface area contributed by atoms with Gasteiger partial charge < -0.3 is 14.5 Å². The SMILES string of the molecule is O=C(NC1CCOCC1)c1oc2ccccc2c1CSC1CCCCC1. The maximum absolute atomic E-state index is 12.9. The number of rotatable bonds is 5. The number of carbonyl (C=O) groups is 1. The van der Waals surface area contributed by atoms with Crippen LogP contribution in [0.3, 0.4) is 0 Å². The topological polar surface area (TPSA) is 51.5 Å². The summed E-state index contributed by atoms with van der Waals surface area (Å²) in [5.74, 6) is 1.27. The van der Waals surface area contributed by atoms with Crippen molar-refractivity contribution in [3.05, 3.63) is 35.6 Å². The van der Waals surface area contributed by atoms with Crippen molar-refractivity contribution < 1.29 is 13.9 Å². The van der Waals surface area contributed by atoms with Crippen molar-refractivity contribution in [3.63, 3.8) is 0 Å². The van der Waals surface area contributed by atoms with Gasteiger partial charge in [-0.25, -0.2) is 0 Å². The van der Waals surface area contributed by atoms with Crippen LogP contribution in [0, 0.1) is 0 Å². The minimum Gasteiger partial charge on any atom is -0.451 e. The summed E-state index contributed by atoms with van der Waals surface area (Å²) in [6.07, 6.45) is 8.37. The first-order valence-electron chi connectivity index (χ1n) is 9.82. The molecule has 0 bridgehead atoms. The second kappa shape index (κ2) is 8.49. The lowest BCUT2D eigenvalue weighted by atomic mass is 10.0. The predicted octanol–water partition coefficient (Wildman–Crippen LogP) is 4.91. The van der Waals surface area contributed by atoms with Crippen LogP contribution in [0.4, 0.5) is 0 Å². The van der Waals surface area contributed by atoms with E-state index in [0.29, 0.717) is 11.0 Å². The van der Waals surface area contributed by atoms with Crippen LogP contribution in [0.5, 0.6) is 0 Å². The van der Waals surface area contributed by atoms with Crippen molar-refractivity contribution >= 4 is 28.6 Å². The number of hydrogen-bond acceptors (Lipinski definition) is 4. The Morgan fingerprint density at radius 2 is 1.85 bits per heavy atom. The molecular formula is C21H27NO3S. The van der Waals surface area contributed by atoms with Crippen LogP contribution in [0.25, 0.3) is 11.0 Å². The summed E-state index contributed by atoms with van der Waals surface area (Å²) in [7, 11) is 0. The molecule has 2 fully saturated rings. The molecule has 1 amide bonds. The molecule has 4 nitrogen and oxygen atoms in total. The molecule has 1 saturated heterocycles. The van der Waals surface area contributed by atoms with E-state index >= 15 is 0 Å². The van der Waals surface area contributed by atoms with Gasteiger partial charge in [0.1, 0.15) is 5.58 Å². The molecule has 1 saturated carbocycles. The second-order valence-electron chi connectivity index (χ2n) is 7.34. The Kier molecular flexibility index (Phi) is 5.85. The molecule has 1 aliphatic carbocycles. The average molecular weight is 374 g/mol. The van der Waals surface area contributed by atoms with Gasteiger partial charge in [0.05, 0.1) is 0 Å². The van der Waals surface area contributed by atoms with E-state index in [2.05, 4.69) is 11.4 Å². The monoisotopic (exact) mass is 373 g/mol. The first-order valence-corrected chi connectivity index (χ1v) is 10.9. The lowest BCUT2D eigenvalue weighted by Crippen LogP contribution is -2.39. The molecular weight excluding hydrogens is 346 g/mol. The van der Waals surface area contributed by atoms with E-state index in [1.807, 2.05) is 30.0 Å². The number of fused-ring (bicyclic) bond motifs is 1. The van der Waals surface area contributed by atoms with Crippen molar-refractivity contribution in [2.75, 3.05) is 13.2 Å². The Bertz CT molecular complexity index is 745. The van der Waals surface area contributed by atoms with E-state index in [0.717, 1.165) is 48.3 Å².